The van der Waals surface area contributed by atoms with Crippen molar-refractivity contribution in [3.05, 3.63) is 84.2 Å². The Balaban J connectivity index is 1.24. The third-order valence-corrected chi connectivity index (χ3v) is 9.96. The molecule has 3 N–H and O–H groups in total. The van der Waals surface area contributed by atoms with Gasteiger partial charge in [0.15, 0.2) is 11.2 Å². The number of hydrogen-bond acceptors (Lipinski definition) is 11. The van der Waals surface area contributed by atoms with Crippen molar-refractivity contribution in [2.75, 3.05) is 19.5 Å². The molecule has 6 rings (SSSR count). The summed E-state index contributed by atoms with van der Waals surface area (Å²) in [6.45, 7) is 7.53. The fourth-order valence-electron chi connectivity index (χ4n) is 6.00. The zero-order valence-corrected chi connectivity index (χ0v) is 29.0. The van der Waals surface area contributed by atoms with Crippen LogP contribution in [0, 0.1) is 18.8 Å². The highest BCUT2D eigenvalue weighted by Crippen LogP contribution is 2.48. The summed E-state index contributed by atoms with van der Waals surface area (Å²) >= 11 is 0. The molecule has 3 heterocycles. The Labute approximate surface area is 284 Å². The first-order chi connectivity index (χ1) is 23.5. The van der Waals surface area contributed by atoms with Gasteiger partial charge in [0.2, 0.25) is 11.8 Å². The molecular weight excluding hydrogens is 647 g/mol. The number of aromatic nitrogens is 4. The third kappa shape index (κ3) is 7.55. The first-order valence-electron chi connectivity index (χ1n) is 16.2. The van der Waals surface area contributed by atoms with Gasteiger partial charge < -0.3 is 24.5 Å². The summed E-state index contributed by atoms with van der Waals surface area (Å²) in [6.07, 6.45) is -0.380. The molecule has 5 unspecified atom stereocenters. The van der Waals surface area contributed by atoms with Crippen molar-refractivity contribution in [1.82, 2.24) is 24.6 Å². The summed E-state index contributed by atoms with van der Waals surface area (Å²) in [5.41, 5.74) is 7.77. The molecule has 0 aliphatic carbocycles. The predicted octanol–water partition coefficient (Wildman–Crippen LogP) is 6.36. The Morgan fingerprint density at radius 3 is 2.55 bits per heavy atom. The molecule has 0 saturated carbocycles. The van der Waals surface area contributed by atoms with Gasteiger partial charge in [-0.1, -0.05) is 87.5 Å². The van der Waals surface area contributed by atoms with Crippen molar-refractivity contribution in [1.29, 1.82) is 0 Å². The fourth-order valence-corrected chi connectivity index (χ4v) is 7.71. The lowest BCUT2D eigenvalue weighted by Crippen LogP contribution is -2.41. The largest absolute Gasteiger partial charge is 0.479 e. The van der Waals surface area contributed by atoms with Crippen molar-refractivity contribution < 1.29 is 32.6 Å². The van der Waals surface area contributed by atoms with Crippen molar-refractivity contribution in [3.63, 3.8) is 0 Å². The van der Waals surface area contributed by atoms with E-state index in [9.17, 15) is 9.36 Å². The molecule has 0 spiro atoms. The Morgan fingerprint density at radius 1 is 1.06 bits per heavy atom. The van der Waals surface area contributed by atoms with E-state index in [0.717, 1.165) is 16.3 Å². The Bertz CT molecular complexity index is 1980. The van der Waals surface area contributed by atoms with Crippen LogP contribution in [-0.2, 0) is 30.0 Å². The van der Waals surface area contributed by atoms with Crippen LogP contribution in [0.5, 0.6) is 11.6 Å². The van der Waals surface area contributed by atoms with E-state index < -0.39 is 32.1 Å². The molecule has 1 saturated heterocycles. The monoisotopic (exact) mass is 688 g/mol. The highest BCUT2D eigenvalue weighted by molar-refractivity contribution is 7.52. The van der Waals surface area contributed by atoms with E-state index in [-0.39, 0.29) is 36.9 Å². The van der Waals surface area contributed by atoms with Gasteiger partial charge in [-0.3, -0.25) is 13.9 Å². The second kappa shape index (κ2) is 14.5. The van der Waals surface area contributed by atoms with Gasteiger partial charge in [-0.05, 0) is 36.3 Å². The molecule has 14 heteroatoms. The smallest absolute Gasteiger partial charge is 0.459 e. The lowest BCUT2D eigenvalue weighted by molar-refractivity contribution is -0.148. The molecule has 0 radical (unpaired) electrons. The SMILES string of the molecule is COc1nc(N)nc2c1nc(C)n2C1OC(COP(=O)(NC(C(=O)OCc2ccccc2)C(C)C)Oc2cccc3ccccc23)CC1C. The molecule has 3 aromatic carbocycles. The molecule has 1 aliphatic rings. The number of methoxy groups -OCH3 is 1. The maximum Gasteiger partial charge on any atom is 0.459 e. The number of imidazole rings is 1. The van der Waals surface area contributed by atoms with E-state index in [2.05, 4.69) is 20.0 Å². The van der Waals surface area contributed by atoms with E-state index in [1.54, 1.807) is 6.07 Å². The number of nitrogens with one attached hydrogen (secondary N) is 1. The summed E-state index contributed by atoms with van der Waals surface area (Å²) in [5, 5.41) is 4.57. The number of esters is 1. The minimum absolute atomic E-state index is 0.00501. The van der Waals surface area contributed by atoms with Gasteiger partial charge in [0.25, 0.3) is 0 Å². The zero-order chi connectivity index (χ0) is 34.7. The van der Waals surface area contributed by atoms with Gasteiger partial charge in [-0.15, -0.1) is 0 Å². The van der Waals surface area contributed by atoms with Gasteiger partial charge in [-0.2, -0.15) is 15.1 Å². The lowest BCUT2D eigenvalue weighted by atomic mass is 10.1. The Hall–Kier alpha value is -4.55. The molecule has 5 aromatic rings. The fraction of sp³-hybridized carbons (Fsp3) is 0.371. The van der Waals surface area contributed by atoms with Gasteiger partial charge in [0.05, 0.1) is 19.8 Å². The first-order valence-corrected chi connectivity index (χ1v) is 17.7. The molecule has 2 aromatic heterocycles. The van der Waals surface area contributed by atoms with Gasteiger partial charge in [0.1, 0.15) is 30.5 Å². The van der Waals surface area contributed by atoms with Crippen LogP contribution in [0.15, 0.2) is 72.8 Å². The molecule has 0 bridgehead atoms. The van der Waals surface area contributed by atoms with E-state index >= 15 is 0 Å². The average Bonchev–Trinajstić information content (AvgIpc) is 3.62. The van der Waals surface area contributed by atoms with Gasteiger partial charge in [-0.25, -0.2) is 9.55 Å². The molecule has 1 aliphatic heterocycles. The van der Waals surface area contributed by atoms with Gasteiger partial charge >= 0.3 is 13.7 Å². The summed E-state index contributed by atoms with van der Waals surface area (Å²) in [7, 11) is -2.73. The number of ether oxygens (including phenoxy) is 3. The molecule has 0 amide bonds. The number of nitrogens with two attached hydrogens (primary N) is 1. The number of nitrogen functional groups attached to an aromatic ring is 1. The van der Waals surface area contributed by atoms with Crippen LogP contribution in [0.1, 0.15) is 44.8 Å². The van der Waals surface area contributed by atoms with Crippen LogP contribution in [-0.4, -0.2) is 51.4 Å². The van der Waals surface area contributed by atoms with Crippen LogP contribution in [0.4, 0.5) is 5.95 Å². The minimum Gasteiger partial charge on any atom is -0.479 e. The molecular formula is C35H41N6O7P. The predicted molar refractivity (Wildman–Crippen MR) is 185 cm³/mol. The quantitative estimate of drug-likeness (QED) is 0.104. The highest BCUT2D eigenvalue weighted by Gasteiger charge is 2.41. The van der Waals surface area contributed by atoms with E-state index in [1.807, 2.05) is 99.0 Å². The van der Waals surface area contributed by atoms with Crippen molar-refractivity contribution in [2.45, 2.75) is 59.1 Å². The van der Waals surface area contributed by atoms with Crippen molar-refractivity contribution >= 4 is 41.6 Å². The number of benzene rings is 3. The number of fused-ring (bicyclic) bond motifs is 2. The van der Waals surface area contributed by atoms with Crippen LogP contribution < -0.4 is 20.1 Å². The van der Waals surface area contributed by atoms with Crippen LogP contribution in [0.3, 0.4) is 0 Å². The maximum atomic E-state index is 14.7. The van der Waals surface area contributed by atoms with Crippen LogP contribution >= 0.6 is 7.75 Å². The number of aryl methyl sites for hydroxylation is 1. The minimum atomic E-state index is -4.23. The number of carbonyl (C=O) groups excluding carboxylic acids is 1. The maximum absolute atomic E-state index is 14.7. The zero-order valence-electron chi connectivity index (χ0n) is 28.1. The molecule has 1 fully saturated rings. The van der Waals surface area contributed by atoms with E-state index in [4.69, 9.17) is 29.0 Å². The topological polar surface area (TPSA) is 162 Å². The lowest BCUT2D eigenvalue weighted by Gasteiger charge is -2.27. The third-order valence-electron chi connectivity index (χ3n) is 8.44. The normalized spacial score (nSPS) is 19.6. The number of nitrogens with zero attached hydrogens (tertiary/aromatic N) is 4. The van der Waals surface area contributed by atoms with Gasteiger partial charge in [0, 0.05) is 11.3 Å². The van der Waals surface area contributed by atoms with E-state index in [0.29, 0.717) is 29.2 Å². The number of hydrogen-bond donors (Lipinski definition) is 2. The van der Waals surface area contributed by atoms with Crippen molar-refractivity contribution in [3.8, 4) is 11.6 Å². The first kappa shape index (κ1) is 34.3. The van der Waals surface area contributed by atoms with Crippen LogP contribution in [0.25, 0.3) is 21.9 Å². The van der Waals surface area contributed by atoms with Crippen molar-refractivity contribution in [2.24, 2.45) is 11.8 Å². The molecule has 258 valence electrons. The van der Waals surface area contributed by atoms with E-state index in [1.165, 1.54) is 7.11 Å². The molecule has 13 nitrogen and oxygen atoms in total. The summed E-state index contributed by atoms with van der Waals surface area (Å²) in [6, 6.07) is 21.4. The summed E-state index contributed by atoms with van der Waals surface area (Å²) < 4.78 is 46.5. The summed E-state index contributed by atoms with van der Waals surface area (Å²) in [5.74, 6) is 0.424. The highest BCUT2D eigenvalue weighted by atomic mass is 31.2. The number of rotatable bonds is 13. The van der Waals surface area contributed by atoms with Crippen LogP contribution in [0.2, 0.25) is 0 Å². The Morgan fingerprint density at radius 2 is 1.80 bits per heavy atom. The second-order valence-corrected chi connectivity index (χ2v) is 14.2. The Kier molecular flexibility index (Phi) is 10.2. The molecule has 5 atom stereocenters. The number of carbonyl (C=O) groups is 1. The average molecular weight is 689 g/mol. The second-order valence-electron chi connectivity index (χ2n) is 12.5. The molecule has 49 heavy (non-hydrogen) atoms. The standard InChI is InChI=1S/C35H41N6O7P/c1-21(2)29(34(42)45-19-24-12-7-6-8-13-24)40-49(43,48-28-17-11-15-25-14-9-10-16-27(25)28)46-20-26-18-22(3)33(47-26)41-23(4)37-30-31(41)38-35(36)39-32(30)44-5/h6-17,21-22,26,29,33H,18-20H2,1-5H3,(H,40,43)(H2,36,38,39). The summed E-state index contributed by atoms with van der Waals surface area (Å²) in [4.78, 5) is 26.6. The number of anilines is 1.